The molecule has 0 aliphatic rings. The smallest absolute Gasteiger partial charge is 0.337 e. The van der Waals surface area contributed by atoms with Crippen molar-refractivity contribution in [2.75, 3.05) is 18.5 Å². The van der Waals surface area contributed by atoms with Crippen molar-refractivity contribution in [3.8, 4) is 0 Å². The monoisotopic (exact) mass is 297 g/mol. The van der Waals surface area contributed by atoms with Crippen molar-refractivity contribution in [2.45, 2.75) is 12.8 Å². The van der Waals surface area contributed by atoms with E-state index >= 15 is 0 Å². The van der Waals surface area contributed by atoms with E-state index in [-0.39, 0.29) is 0 Å². The van der Waals surface area contributed by atoms with Crippen molar-refractivity contribution in [1.29, 1.82) is 0 Å². The molecule has 0 aromatic heterocycles. The maximum Gasteiger partial charge on any atom is 0.337 e. The van der Waals surface area contributed by atoms with E-state index in [1.165, 1.54) is 0 Å². The number of hydrogen-bond donors (Lipinski definition) is 1. The summed E-state index contributed by atoms with van der Waals surface area (Å²) in [6.45, 7) is 4.48. The zero-order valence-corrected chi connectivity index (χ0v) is 11.4. The fourth-order valence-electron chi connectivity index (χ4n) is 1.61. The Bertz CT molecular complexity index is 418. The topological polar surface area (TPSA) is 40.5 Å². The second-order valence-electron chi connectivity index (χ2n) is 3.82. The Kier molecular flexibility index (Phi) is 5.22. The lowest BCUT2D eigenvalue weighted by molar-refractivity contribution is 0.0697. The van der Waals surface area contributed by atoms with Gasteiger partial charge in [-0.25, -0.2) is 4.79 Å². The Morgan fingerprint density at radius 1 is 1.59 bits per heavy atom. The predicted molar refractivity (Wildman–Crippen MR) is 73.8 cm³/mol. The van der Waals surface area contributed by atoms with Gasteiger partial charge in [-0.3, -0.25) is 0 Å². The predicted octanol–water partition coefficient (Wildman–Crippen LogP) is 3.55. The third-order valence-electron chi connectivity index (χ3n) is 2.50. The summed E-state index contributed by atoms with van der Waals surface area (Å²) in [6.07, 6.45) is 3.77. The number of hydrogen-bond acceptors (Lipinski definition) is 2. The number of nitrogens with zero attached hydrogens (tertiary/aromatic N) is 1. The SMILES string of the molecule is C=CCCCN(C)c1ccc(Br)cc1C(=O)O. The average Bonchev–Trinajstić information content (AvgIpc) is 2.29. The molecule has 0 saturated heterocycles. The van der Waals surface area contributed by atoms with Crippen LogP contribution < -0.4 is 4.90 Å². The van der Waals surface area contributed by atoms with Gasteiger partial charge in [-0.05, 0) is 31.0 Å². The van der Waals surface area contributed by atoms with E-state index in [0.29, 0.717) is 5.56 Å². The van der Waals surface area contributed by atoms with Gasteiger partial charge in [-0.1, -0.05) is 22.0 Å². The first-order valence-corrected chi connectivity index (χ1v) is 6.20. The van der Waals surface area contributed by atoms with Crippen LogP contribution in [0.3, 0.4) is 0 Å². The Labute approximate surface area is 110 Å². The van der Waals surface area contributed by atoms with Gasteiger partial charge in [-0.15, -0.1) is 6.58 Å². The van der Waals surface area contributed by atoms with Crippen LogP contribution in [0.5, 0.6) is 0 Å². The first-order valence-electron chi connectivity index (χ1n) is 5.41. The Morgan fingerprint density at radius 2 is 2.29 bits per heavy atom. The molecule has 0 bridgehead atoms. The van der Waals surface area contributed by atoms with Crippen molar-refractivity contribution in [1.82, 2.24) is 0 Å². The van der Waals surface area contributed by atoms with Crippen molar-refractivity contribution < 1.29 is 9.90 Å². The number of aromatic carboxylic acids is 1. The van der Waals surface area contributed by atoms with Gasteiger partial charge in [-0.2, -0.15) is 0 Å². The van der Waals surface area contributed by atoms with E-state index in [1.807, 2.05) is 30.2 Å². The zero-order valence-electron chi connectivity index (χ0n) is 9.82. The molecular weight excluding hydrogens is 282 g/mol. The molecule has 1 aromatic rings. The van der Waals surface area contributed by atoms with Gasteiger partial charge >= 0.3 is 5.97 Å². The summed E-state index contributed by atoms with van der Waals surface area (Å²) in [5.41, 5.74) is 1.06. The van der Waals surface area contributed by atoms with Crippen LogP contribution in [-0.4, -0.2) is 24.7 Å². The molecule has 0 heterocycles. The van der Waals surface area contributed by atoms with Gasteiger partial charge in [0.1, 0.15) is 0 Å². The van der Waals surface area contributed by atoms with E-state index < -0.39 is 5.97 Å². The molecular formula is C13H16BrNO2. The van der Waals surface area contributed by atoms with Crippen LogP contribution in [0.4, 0.5) is 5.69 Å². The van der Waals surface area contributed by atoms with Crippen LogP contribution in [0.15, 0.2) is 35.3 Å². The number of halogens is 1. The molecule has 92 valence electrons. The molecule has 3 nitrogen and oxygen atoms in total. The summed E-state index contributed by atoms with van der Waals surface area (Å²) >= 11 is 3.28. The van der Waals surface area contributed by atoms with E-state index in [2.05, 4.69) is 22.5 Å². The lowest BCUT2D eigenvalue weighted by atomic mass is 10.1. The number of allylic oxidation sites excluding steroid dienone is 1. The number of unbranched alkanes of at least 4 members (excludes halogenated alkanes) is 1. The van der Waals surface area contributed by atoms with E-state index in [1.54, 1.807) is 6.07 Å². The van der Waals surface area contributed by atoms with E-state index in [0.717, 1.165) is 29.5 Å². The molecule has 0 fully saturated rings. The van der Waals surface area contributed by atoms with Gasteiger partial charge < -0.3 is 10.0 Å². The number of benzene rings is 1. The maximum atomic E-state index is 11.1. The molecule has 0 atom stereocenters. The largest absolute Gasteiger partial charge is 0.478 e. The third-order valence-corrected chi connectivity index (χ3v) is 3.00. The lowest BCUT2D eigenvalue weighted by Crippen LogP contribution is -2.21. The Balaban J connectivity index is 2.88. The van der Waals surface area contributed by atoms with Gasteiger partial charge in [0, 0.05) is 18.1 Å². The van der Waals surface area contributed by atoms with Crippen LogP contribution >= 0.6 is 15.9 Å². The van der Waals surface area contributed by atoms with Crippen LogP contribution in [0.1, 0.15) is 23.2 Å². The highest BCUT2D eigenvalue weighted by atomic mass is 79.9. The van der Waals surface area contributed by atoms with Crippen molar-refractivity contribution in [2.24, 2.45) is 0 Å². The van der Waals surface area contributed by atoms with Gasteiger partial charge in [0.15, 0.2) is 0 Å². The van der Waals surface area contributed by atoms with Crippen LogP contribution in [0.2, 0.25) is 0 Å². The minimum atomic E-state index is -0.906. The number of carboxylic acids is 1. The fourth-order valence-corrected chi connectivity index (χ4v) is 1.97. The number of carboxylic acid groups (broad SMARTS) is 1. The van der Waals surface area contributed by atoms with Gasteiger partial charge in [0.25, 0.3) is 0 Å². The van der Waals surface area contributed by atoms with E-state index in [4.69, 9.17) is 5.11 Å². The first-order chi connectivity index (χ1) is 8.06. The summed E-state index contributed by atoms with van der Waals surface area (Å²) in [4.78, 5) is 13.1. The molecule has 0 radical (unpaired) electrons. The highest BCUT2D eigenvalue weighted by Crippen LogP contribution is 2.24. The van der Waals surface area contributed by atoms with Crippen molar-refractivity contribution in [3.05, 3.63) is 40.9 Å². The molecule has 1 aromatic carbocycles. The average molecular weight is 298 g/mol. The quantitative estimate of drug-likeness (QED) is 0.645. The normalized spacial score (nSPS) is 10.0. The summed E-state index contributed by atoms with van der Waals surface area (Å²) < 4.78 is 0.776. The number of anilines is 1. The summed E-state index contributed by atoms with van der Waals surface area (Å²) in [6, 6.07) is 5.30. The first kappa shape index (κ1) is 13.8. The molecule has 4 heteroatoms. The molecule has 0 aliphatic heterocycles. The zero-order chi connectivity index (χ0) is 12.8. The summed E-state index contributed by atoms with van der Waals surface area (Å²) in [7, 11) is 1.90. The molecule has 1 rings (SSSR count). The molecule has 0 saturated carbocycles. The van der Waals surface area contributed by atoms with Crippen molar-refractivity contribution in [3.63, 3.8) is 0 Å². The summed E-state index contributed by atoms with van der Waals surface area (Å²) in [5, 5.41) is 9.15. The molecule has 0 spiro atoms. The highest BCUT2D eigenvalue weighted by Gasteiger charge is 2.13. The second kappa shape index (κ2) is 6.45. The molecule has 0 aliphatic carbocycles. The van der Waals surface area contributed by atoms with Crippen LogP contribution in [-0.2, 0) is 0 Å². The minimum Gasteiger partial charge on any atom is -0.478 e. The number of carbonyl (C=O) groups is 1. The van der Waals surface area contributed by atoms with Crippen molar-refractivity contribution >= 4 is 27.6 Å². The lowest BCUT2D eigenvalue weighted by Gasteiger charge is -2.21. The van der Waals surface area contributed by atoms with Crippen LogP contribution in [0, 0.1) is 0 Å². The van der Waals surface area contributed by atoms with Crippen LogP contribution in [0.25, 0.3) is 0 Å². The van der Waals surface area contributed by atoms with Gasteiger partial charge in [0.05, 0.1) is 11.3 Å². The molecule has 1 N–H and O–H groups in total. The second-order valence-corrected chi connectivity index (χ2v) is 4.73. The Morgan fingerprint density at radius 3 is 2.88 bits per heavy atom. The highest BCUT2D eigenvalue weighted by molar-refractivity contribution is 9.10. The molecule has 0 amide bonds. The number of rotatable bonds is 6. The van der Waals surface area contributed by atoms with E-state index in [9.17, 15) is 4.79 Å². The molecule has 0 unspecified atom stereocenters. The fraction of sp³-hybridized carbons (Fsp3) is 0.308. The molecule has 17 heavy (non-hydrogen) atoms. The maximum absolute atomic E-state index is 11.1. The third kappa shape index (κ3) is 3.89. The minimum absolute atomic E-state index is 0.320. The van der Waals surface area contributed by atoms with Gasteiger partial charge in [0.2, 0.25) is 0 Å². The standard InChI is InChI=1S/C13H16BrNO2/c1-3-4-5-8-15(2)12-7-6-10(14)9-11(12)13(16)17/h3,6-7,9H,1,4-5,8H2,2H3,(H,16,17). The Hall–Kier alpha value is -1.29. The summed E-state index contributed by atoms with van der Waals surface area (Å²) in [5.74, 6) is -0.906.